The Labute approximate surface area is 101 Å². The second-order valence-corrected chi connectivity index (χ2v) is 1.27. The number of nitrogens with zero attached hydrogens (tertiary/aromatic N) is 1. The summed E-state index contributed by atoms with van der Waals surface area (Å²) in [6, 6.07) is 0. The van der Waals surface area contributed by atoms with Gasteiger partial charge in [-0.3, -0.25) is 12.2 Å². The van der Waals surface area contributed by atoms with E-state index in [1.165, 1.54) is 0 Å². The van der Waals surface area contributed by atoms with Gasteiger partial charge in [-0.2, -0.15) is 0 Å². The molecule has 0 rings (SSSR count). The minimum Gasteiger partial charge on any atom is -0.908 e. The van der Waals surface area contributed by atoms with Crippen LogP contribution in [0.15, 0.2) is 5.57 Å². The molecule has 2 heteroatoms. The van der Waals surface area contributed by atoms with Gasteiger partial charge < -0.3 is 26.0 Å². The average Bonchev–Trinajstić information content (AvgIpc) is 1.96. The van der Waals surface area contributed by atoms with Gasteiger partial charge in [0.05, 0.1) is 0 Å². The largest absolute Gasteiger partial charge is 4.00 e. The Morgan fingerprint density at radius 2 is 1.00 bits per heavy atom. The van der Waals surface area contributed by atoms with Crippen LogP contribution < -0.4 is 0 Å². The standard InChI is InChI=1S/C5H7N.2C2H6.2CH3.Pt/c1-4(2)5(3)6;2*1-2;;;/h1H,2-3H3;2*1-2H3;2*1H3;/q-2;;;2*-1;+4. The smallest absolute Gasteiger partial charge is 0.908 e. The number of hydrogen-bond donors (Lipinski definition) is 0. The third-order valence-electron chi connectivity index (χ3n) is 0.571. The van der Waals surface area contributed by atoms with Crippen molar-refractivity contribution >= 4 is 5.71 Å². The first kappa shape index (κ1) is 38.1. The molecule has 0 N–H and O–H groups in total. The summed E-state index contributed by atoms with van der Waals surface area (Å²) in [7, 11) is 0. The molecule has 0 aromatic heterocycles. The Morgan fingerprint density at radius 1 is 0.923 bits per heavy atom. The van der Waals surface area contributed by atoms with Crippen LogP contribution in [0.3, 0.4) is 0 Å². The molecule has 0 bridgehead atoms. The van der Waals surface area contributed by atoms with Crippen LogP contribution in [0.2, 0.25) is 0 Å². The number of rotatable bonds is 1. The molecule has 0 atom stereocenters. The van der Waals surface area contributed by atoms with Crippen LogP contribution in [0.25, 0.3) is 5.41 Å². The topological polar surface area (TPSA) is 22.3 Å². The van der Waals surface area contributed by atoms with Crippen molar-refractivity contribution in [1.29, 1.82) is 0 Å². The van der Waals surface area contributed by atoms with Gasteiger partial charge in [-0.15, -0.1) is 6.92 Å². The molecule has 0 heterocycles. The van der Waals surface area contributed by atoms with E-state index in [2.05, 4.69) is 0 Å². The summed E-state index contributed by atoms with van der Waals surface area (Å²) in [5, 5.41) is 8.38. The Balaban J connectivity index is -0.0000000157. The van der Waals surface area contributed by atoms with Gasteiger partial charge in [0.1, 0.15) is 0 Å². The molecule has 0 fully saturated rings. The summed E-state index contributed by atoms with van der Waals surface area (Å²) in [6.45, 7) is 16.3. The normalized spacial score (nSPS) is 4.46. The van der Waals surface area contributed by atoms with E-state index in [4.69, 9.17) is 12.0 Å². The fourth-order valence-corrected chi connectivity index (χ4v) is 0. The van der Waals surface area contributed by atoms with Crippen molar-refractivity contribution in [1.82, 2.24) is 0 Å². The molecule has 1 nitrogen and oxygen atoms in total. The van der Waals surface area contributed by atoms with E-state index in [0.717, 1.165) is 0 Å². The molecule has 0 radical (unpaired) electrons. The molecule has 0 aliphatic carbocycles. The minimum atomic E-state index is 0. The summed E-state index contributed by atoms with van der Waals surface area (Å²) in [4.78, 5) is 0. The van der Waals surface area contributed by atoms with Crippen LogP contribution in [0.5, 0.6) is 0 Å². The molecule has 0 aromatic carbocycles. The monoisotopic (exact) mass is 366 g/mol. The van der Waals surface area contributed by atoms with E-state index in [1.54, 1.807) is 13.8 Å². The maximum Gasteiger partial charge on any atom is 4.00 e. The average molecular weight is 366 g/mol. The maximum atomic E-state index is 8.38. The number of hydrogen-bond acceptors (Lipinski definition) is 0. The molecule has 0 unspecified atom stereocenters. The molecule has 13 heavy (non-hydrogen) atoms. The second-order valence-electron chi connectivity index (χ2n) is 1.27. The molecule has 0 aliphatic rings. The fraction of sp³-hybridized carbons (Fsp3) is 0.545. The van der Waals surface area contributed by atoms with Crippen molar-refractivity contribution in [3.8, 4) is 0 Å². The molecular formula is C11H25NPt. The molecule has 0 amide bonds. The van der Waals surface area contributed by atoms with Crippen LogP contribution in [0, 0.1) is 21.4 Å². The Bertz CT molecular complexity index is 76.1. The summed E-state index contributed by atoms with van der Waals surface area (Å²) in [5.41, 5.74) is 0.685. The van der Waals surface area contributed by atoms with Crippen molar-refractivity contribution in [3.05, 3.63) is 32.4 Å². The van der Waals surface area contributed by atoms with Gasteiger partial charge in [-0.05, 0) is 0 Å². The zero-order chi connectivity index (χ0) is 9.15. The van der Waals surface area contributed by atoms with E-state index in [9.17, 15) is 0 Å². The molecule has 0 saturated carbocycles. The van der Waals surface area contributed by atoms with Gasteiger partial charge in [-0.25, -0.2) is 0 Å². The van der Waals surface area contributed by atoms with Crippen LogP contribution in [-0.2, 0) is 21.1 Å². The van der Waals surface area contributed by atoms with E-state index < -0.39 is 0 Å². The summed E-state index contributed by atoms with van der Waals surface area (Å²) in [5.74, 6) is 0. The predicted molar refractivity (Wildman–Crippen MR) is 63.1 cm³/mol. The predicted octanol–water partition coefficient (Wildman–Crippen LogP) is 4.35. The minimum absolute atomic E-state index is 0. The summed E-state index contributed by atoms with van der Waals surface area (Å²) >= 11 is 0. The van der Waals surface area contributed by atoms with Crippen molar-refractivity contribution in [2.75, 3.05) is 0 Å². The Morgan fingerprint density at radius 3 is 1.00 bits per heavy atom. The summed E-state index contributed by atoms with van der Waals surface area (Å²) < 4.78 is 0. The fourth-order valence-electron chi connectivity index (χ4n) is 0. The van der Waals surface area contributed by atoms with Gasteiger partial charge >= 0.3 is 21.1 Å². The molecule has 0 aliphatic heterocycles. The molecular weight excluding hydrogens is 341 g/mol. The van der Waals surface area contributed by atoms with Crippen molar-refractivity contribution in [2.45, 2.75) is 41.5 Å². The SMILES string of the molecule is CC.CC.[CH-]=C(C)C(C)=[N-].[CH3-].[CH3-].[Pt+4]. The zero-order valence-corrected chi connectivity index (χ0v) is 12.6. The molecule has 0 spiro atoms. The Kier molecular flexibility index (Phi) is 117. The van der Waals surface area contributed by atoms with Crippen LogP contribution in [0.1, 0.15) is 41.5 Å². The van der Waals surface area contributed by atoms with Gasteiger partial charge in [0.2, 0.25) is 0 Å². The van der Waals surface area contributed by atoms with Crippen LogP contribution in [0.4, 0.5) is 0 Å². The molecule has 84 valence electrons. The van der Waals surface area contributed by atoms with Gasteiger partial charge in [0.15, 0.2) is 0 Å². The van der Waals surface area contributed by atoms with E-state index >= 15 is 0 Å². The summed E-state index contributed by atoms with van der Waals surface area (Å²) in [6.07, 6.45) is 0. The first-order valence-corrected chi connectivity index (χ1v) is 3.76. The zero-order valence-electron chi connectivity index (χ0n) is 10.3. The third kappa shape index (κ3) is 73.5. The van der Waals surface area contributed by atoms with E-state index in [0.29, 0.717) is 5.57 Å². The van der Waals surface area contributed by atoms with Gasteiger partial charge in [0.25, 0.3) is 0 Å². The molecule has 0 aromatic rings. The molecule has 0 saturated heterocycles. The first-order chi connectivity index (χ1) is 4.64. The third-order valence-corrected chi connectivity index (χ3v) is 0.571. The van der Waals surface area contributed by atoms with E-state index in [-0.39, 0.29) is 41.6 Å². The Hall–Kier alpha value is 0.0983. The van der Waals surface area contributed by atoms with Gasteiger partial charge in [0, 0.05) is 0 Å². The number of allylic oxidation sites excluding steroid dienone is 1. The van der Waals surface area contributed by atoms with Gasteiger partial charge in [-0.1, -0.05) is 34.6 Å². The second kappa shape index (κ2) is 40.1. The van der Waals surface area contributed by atoms with Crippen molar-refractivity contribution in [2.24, 2.45) is 0 Å². The maximum absolute atomic E-state index is 8.38. The van der Waals surface area contributed by atoms with Crippen molar-refractivity contribution < 1.29 is 21.1 Å². The first-order valence-electron chi connectivity index (χ1n) is 3.76. The quantitative estimate of drug-likeness (QED) is 0.486. The van der Waals surface area contributed by atoms with Crippen LogP contribution >= 0.6 is 0 Å². The van der Waals surface area contributed by atoms with Crippen LogP contribution in [-0.4, -0.2) is 5.71 Å². The van der Waals surface area contributed by atoms with Crippen molar-refractivity contribution in [3.63, 3.8) is 0 Å². The van der Waals surface area contributed by atoms with E-state index in [1.807, 2.05) is 27.7 Å².